The van der Waals surface area contributed by atoms with E-state index in [-0.39, 0.29) is 16.0 Å². The van der Waals surface area contributed by atoms with Crippen molar-refractivity contribution in [2.75, 3.05) is 18.5 Å². The molecule has 0 saturated heterocycles. The Kier molecular flexibility index (Phi) is 3.30. The fourth-order valence-corrected chi connectivity index (χ4v) is 2.23. The number of hydrogen-bond donors (Lipinski definition) is 2. The Bertz CT molecular complexity index is 493. The van der Waals surface area contributed by atoms with Gasteiger partial charge < -0.3 is 11.5 Å². The fraction of sp³-hybridized carbons (Fsp3) is 0.455. The average molecular weight is 242 g/mol. The Morgan fingerprint density at radius 3 is 2.31 bits per heavy atom. The summed E-state index contributed by atoms with van der Waals surface area (Å²) in [6, 6.07) is 5.04. The number of sulfone groups is 1. The van der Waals surface area contributed by atoms with E-state index >= 15 is 0 Å². The highest BCUT2D eigenvalue weighted by molar-refractivity contribution is 7.90. The first-order valence-electron chi connectivity index (χ1n) is 4.98. The standard InChI is InChI=1S/C11H18N2O2S/c1-11(2,7-12)8-4-5-9(13)10(6-8)16(3,14)15/h4-6H,7,12-13H2,1-3H3. The van der Waals surface area contributed by atoms with Crippen LogP contribution in [0.25, 0.3) is 0 Å². The van der Waals surface area contributed by atoms with Crippen molar-refractivity contribution in [1.29, 1.82) is 0 Å². The van der Waals surface area contributed by atoms with Gasteiger partial charge in [-0.1, -0.05) is 19.9 Å². The Hall–Kier alpha value is -1.07. The van der Waals surface area contributed by atoms with Crippen molar-refractivity contribution in [2.24, 2.45) is 5.73 Å². The number of benzene rings is 1. The van der Waals surface area contributed by atoms with Gasteiger partial charge in [-0.15, -0.1) is 0 Å². The minimum absolute atomic E-state index is 0.173. The summed E-state index contributed by atoms with van der Waals surface area (Å²) < 4.78 is 23.0. The highest BCUT2D eigenvalue weighted by atomic mass is 32.2. The van der Waals surface area contributed by atoms with Gasteiger partial charge in [0.05, 0.1) is 10.6 Å². The zero-order valence-corrected chi connectivity index (χ0v) is 10.6. The number of hydrogen-bond acceptors (Lipinski definition) is 4. The molecule has 0 aliphatic carbocycles. The van der Waals surface area contributed by atoms with E-state index in [0.29, 0.717) is 6.54 Å². The van der Waals surface area contributed by atoms with E-state index in [1.54, 1.807) is 12.1 Å². The molecule has 16 heavy (non-hydrogen) atoms. The lowest BCUT2D eigenvalue weighted by atomic mass is 9.85. The van der Waals surface area contributed by atoms with Crippen LogP contribution >= 0.6 is 0 Å². The summed E-state index contributed by atoms with van der Waals surface area (Å²) in [5, 5.41) is 0. The van der Waals surface area contributed by atoms with Gasteiger partial charge in [-0.05, 0) is 17.7 Å². The molecule has 4 nitrogen and oxygen atoms in total. The normalized spacial score (nSPS) is 12.8. The molecule has 0 bridgehead atoms. The lowest BCUT2D eigenvalue weighted by Gasteiger charge is -2.23. The number of nitrogen functional groups attached to an aromatic ring is 1. The molecule has 0 aliphatic rings. The third kappa shape index (κ3) is 2.54. The van der Waals surface area contributed by atoms with Crippen LogP contribution in [0.2, 0.25) is 0 Å². The van der Waals surface area contributed by atoms with Crippen LogP contribution in [-0.4, -0.2) is 21.2 Å². The van der Waals surface area contributed by atoms with Crippen molar-refractivity contribution in [1.82, 2.24) is 0 Å². The topological polar surface area (TPSA) is 86.2 Å². The van der Waals surface area contributed by atoms with Gasteiger partial charge in [-0.2, -0.15) is 0 Å². The van der Waals surface area contributed by atoms with E-state index in [1.807, 2.05) is 19.9 Å². The second-order valence-electron chi connectivity index (χ2n) is 4.61. The first-order chi connectivity index (χ1) is 7.18. The Labute approximate surface area is 96.6 Å². The van der Waals surface area contributed by atoms with Gasteiger partial charge in [0.25, 0.3) is 0 Å². The number of nitrogens with two attached hydrogens (primary N) is 2. The molecule has 0 aliphatic heterocycles. The predicted molar refractivity (Wildman–Crippen MR) is 66.0 cm³/mol. The summed E-state index contributed by atoms with van der Waals surface area (Å²) in [5.74, 6) is 0. The highest BCUT2D eigenvalue weighted by Gasteiger charge is 2.21. The van der Waals surface area contributed by atoms with Crippen molar-refractivity contribution in [3.63, 3.8) is 0 Å². The first kappa shape index (κ1) is 13.0. The van der Waals surface area contributed by atoms with Crippen molar-refractivity contribution >= 4 is 15.5 Å². The monoisotopic (exact) mass is 242 g/mol. The van der Waals surface area contributed by atoms with Gasteiger partial charge in [0.2, 0.25) is 0 Å². The summed E-state index contributed by atoms with van der Waals surface area (Å²) in [4.78, 5) is 0.173. The van der Waals surface area contributed by atoms with Crippen LogP contribution in [0.1, 0.15) is 19.4 Å². The van der Waals surface area contributed by atoms with Crippen LogP contribution in [-0.2, 0) is 15.3 Å². The molecule has 0 atom stereocenters. The quantitative estimate of drug-likeness (QED) is 0.771. The first-order valence-corrected chi connectivity index (χ1v) is 6.88. The lowest BCUT2D eigenvalue weighted by molar-refractivity contribution is 0.537. The molecule has 0 heterocycles. The molecule has 0 radical (unpaired) electrons. The molecule has 0 aromatic heterocycles. The number of rotatable bonds is 3. The smallest absolute Gasteiger partial charge is 0.177 e. The molecule has 0 fully saturated rings. The zero-order chi connectivity index (χ0) is 12.6. The molecule has 1 aromatic carbocycles. The van der Waals surface area contributed by atoms with Crippen molar-refractivity contribution < 1.29 is 8.42 Å². The van der Waals surface area contributed by atoms with Crippen LogP contribution in [0.5, 0.6) is 0 Å². The largest absolute Gasteiger partial charge is 0.398 e. The highest BCUT2D eigenvalue weighted by Crippen LogP contribution is 2.27. The Balaban J connectivity index is 3.40. The molecule has 5 heteroatoms. The van der Waals surface area contributed by atoms with Gasteiger partial charge in [-0.3, -0.25) is 0 Å². The summed E-state index contributed by atoms with van der Waals surface area (Å²) in [6.45, 7) is 4.37. The van der Waals surface area contributed by atoms with Crippen molar-refractivity contribution in [3.05, 3.63) is 23.8 Å². The van der Waals surface area contributed by atoms with E-state index in [0.717, 1.165) is 11.8 Å². The van der Waals surface area contributed by atoms with Crippen molar-refractivity contribution in [3.8, 4) is 0 Å². The van der Waals surface area contributed by atoms with Gasteiger partial charge in [0, 0.05) is 18.2 Å². The molecule has 0 saturated carbocycles. The maximum Gasteiger partial charge on any atom is 0.177 e. The average Bonchev–Trinajstić information content (AvgIpc) is 2.16. The van der Waals surface area contributed by atoms with E-state index in [4.69, 9.17) is 11.5 Å². The minimum Gasteiger partial charge on any atom is -0.398 e. The van der Waals surface area contributed by atoms with Gasteiger partial charge in [-0.25, -0.2) is 8.42 Å². The summed E-state index contributed by atoms with van der Waals surface area (Å²) >= 11 is 0. The van der Waals surface area contributed by atoms with E-state index in [9.17, 15) is 8.42 Å². The Morgan fingerprint density at radius 1 is 1.31 bits per heavy atom. The fourth-order valence-electron chi connectivity index (χ4n) is 1.39. The molecule has 1 aromatic rings. The minimum atomic E-state index is -3.29. The third-order valence-electron chi connectivity index (χ3n) is 2.70. The lowest BCUT2D eigenvalue weighted by Crippen LogP contribution is -2.28. The van der Waals surface area contributed by atoms with Gasteiger partial charge >= 0.3 is 0 Å². The van der Waals surface area contributed by atoms with E-state index < -0.39 is 9.84 Å². The van der Waals surface area contributed by atoms with E-state index in [1.165, 1.54) is 0 Å². The molecule has 0 unspecified atom stereocenters. The second kappa shape index (κ2) is 4.07. The van der Waals surface area contributed by atoms with Crippen LogP contribution in [0, 0.1) is 0 Å². The molecule has 0 spiro atoms. The molecule has 1 rings (SSSR count). The molecule has 0 amide bonds. The summed E-state index contributed by atoms with van der Waals surface area (Å²) in [6.07, 6.45) is 1.15. The van der Waals surface area contributed by atoms with Crippen LogP contribution in [0.3, 0.4) is 0 Å². The van der Waals surface area contributed by atoms with E-state index in [2.05, 4.69) is 0 Å². The van der Waals surface area contributed by atoms with Crippen LogP contribution in [0.15, 0.2) is 23.1 Å². The Morgan fingerprint density at radius 2 is 1.88 bits per heavy atom. The van der Waals surface area contributed by atoms with Gasteiger partial charge in [0.15, 0.2) is 9.84 Å². The SMILES string of the molecule is CC(C)(CN)c1ccc(N)c(S(C)(=O)=O)c1. The van der Waals surface area contributed by atoms with Crippen LogP contribution < -0.4 is 11.5 Å². The molecule has 4 N–H and O–H groups in total. The maximum absolute atomic E-state index is 11.5. The molecule has 90 valence electrons. The van der Waals surface area contributed by atoms with Crippen molar-refractivity contribution in [2.45, 2.75) is 24.2 Å². The zero-order valence-electron chi connectivity index (χ0n) is 9.82. The predicted octanol–water partition coefficient (Wildman–Crippen LogP) is 0.909. The third-order valence-corrected chi connectivity index (χ3v) is 3.86. The maximum atomic E-state index is 11.5. The van der Waals surface area contributed by atoms with Crippen LogP contribution in [0.4, 0.5) is 5.69 Å². The summed E-state index contributed by atoms with van der Waals surface area (Å²) in [7, 11) is -3.29. The number of anilines is 1. The van der Waals surface area contributed by atoms with Gasteiger partial charge in [0.1, 0.15) is 0 Å². The summed E-state index contributed by atoms with van der Waals surface area (Å²) in [5.41, 5.74) is 12.2. The molecular weight excluding hydrogens is 224 g/mol. The molecular formula is C11H18N2O2S. The second-order valence-corrected chi connectivity index (χ2v) is 6.60.